The molecule has 0 aliphatic carbocycles. The largest absolute Gasteiger partial charge is 0.321 e. The van der Waals surface area contributed by atoms with Gasteiger partial charge in [0.25, 0.3) is 5.69 Å². The first kappa shape index (κ1) is 17.5. The predicted octanol–water partition coefficient (Wildman–Crippen LogP) is 5.32. The Morgan fingerprint density at radius 3 is 2.43 bits per heavy atom. The van der Waals surface area contributed by atoms with Gasteiger partial charge in [0, 0.05) is 38.3 Å². The van der Waals surface area contributed by atoms with Gasteiger partial charge in [-0.3, -0.25) is 14.9 Å². The van der Waals surface area contributed by atoms with Crippen molar-refractivity contribution in [1.82, 2.24) is 0 Å². The minimum Gasteiger partial charge on any atom is -0.321 e. The van der Waals surface area contributed by atoms with E-state index >= 15 is 0 Å². The fourth-order valence-electron chi connectivity index (χ4n) is 1.72. The first-order chi connectivity index (χ1) is 10.9. The maximum Gasteiger partial charge on any atom is 0.270 e. The molecule has 0 saturated heterocycles. The van der Waals surface area contributed by atoms with Gasteiger partial charge in [-0.15, -0.1) is 0 Å². The second kappa shape index (κ2) is 7.59. The first-order valence-electron chi connectivity index (χ1n) is 6.25. The average Bonchev–Trinajstić information content (AvgIpc) is 2.48. The minimum atomic E-state index is -0.518. The van der Waals surface area contributed by atoms with Gasteiger partial charge in [0.1, 0.15) is 0 Å². The minimum absolute atomic E-state index is 0.0757. The smallest absolute Gasteiger partial charge is 0.270 e. The van der Waals surface area contributed by atoms with Gasteiger partial charge in [-0.25, -0.2) is 0 Å². The number of nitrogens with zero attached hydrogens (tertiary/aromatic N) is 1. The van der Waals surface area contributed by atoms with Crippen LogP contribution in [0.4, 0.5) is 11.4 Å². The number of benzene rings is 2. The molecule has 118 valence electrons. The Bertz CT molecular complexity index is 789. The quantitative estimate of drug-likeness (QED) is 0.417. The summed E-state index contributed by atoms with van der Waals surface area (Å²) in [5.41, 5.74) is 0.873. The summed E-state index contributed by atoms with van der Waals surface area (Å²) in [6, 6.07) is 9.08. The fourth-order valence-corrected chi connectivity index (χ4v) is 2.71. The number of amides is 1. The average molecular weight is 416 g/mol. The van der Waals surface area contributed by atoms with E-state index in [-0.39, 0.29) is 5.69 Å². The molecule has 8 heteroatoms. The lowest BCUT2D eigenvalue weighted by Gasteiger charge is -2.05. The van der Waals surface area contributed by atoms with Crippen LogP contribution in [0.15, 0.2) is 46.9 Å². The molecule has 2 aromatic rings. The number of nitrogens with one attached hydrogen (secondary N) is 1. The Balaban J connectivity index is 2.14. The lowest BCUT2D eigenvalue weighted by Crippen LogP contribution is -2.08. The normalized spacial score (nSPS) is 10.7. The maximum atomic E-state index is 11.9. The van der Waals surface area contributed by atoms with E-state index < -0.39 is 10.8 Å². The van der Waals surface area contributed by atoms with Crippen LogP contribution in [0.5, 0.6) is 0 Å². The van der Waals surface area contributed by atoms with Gasteiger partial charge in [0.05, 0.1) is 10.6 Å². The highest BCUT2D eigenvalue weighted by Crippen LogP contribution is 2.28. The number of hydrogen-bond acceptors (Lipinski definition) is 3. The summed E-state index contributed by atoms with van der Waals surface area (Å²) < 4.78 is 0.407. The van der Waals surface area contributed by atoms with E-state index in [1.54, 1.807) is 18.2 Å². The Kier molecular flexibility index (Phi) is 5.76. The number of hydrogen-bond donors (Lipinski definition) is 1. The molecule has 1 N–H and O–H groups in total. The molecule has 0 fully saturated rings. The third-order valence-electron chi connectivity index (χ3n) is 2.82. The SMILES string of the molecule is O=C(/C=C/c1c(Cl)cccc1Cl)Nc1ccc([N+](=O)[O-])cc1Br. The van der Waals surface area contributed by atoms with E-state index in [2.05, 4.69) is 21.2 Å². The summed E-state index contributed by atoms with van der Waals surface area (Å²) in [5, 5.41) is 14.1. The molecule has 23 heavy (non-hydrogen) atoms. The fraction of sp³-hybridized carbons (Fsp3) is 0. The summed E-state index contributed by atoms with van der Waals surface area (Å²) in [6.07, 6.45) is 2.78. The predicted molar refractivity (Wildman–Crippen MR) is 94.9 cm³/mol. The summed E-state index contributed by atoms with van der Waals surface area (Å²) in [7, 11) is 0. The van der Waals surface area contributed by atoms with E-state index in [4.69, 9.17) is 23.2 Å². The molecule has 5 nitrogen and oxygen atoms in total. The van der Waals surface area contributed by atoms with Crippen molar-refractivity contribution in [3.05, 3.63) is 72.7 Å². The molecular formula is C15H9BrCl2N2O3. The molecule has 0 heterocycles. The number of halogens is 3. The lowest BCUT2D eigenvalue weighted by molar-refractivity contribution is -0.384. The van der Waals surface area contributed by atoms with Gasteiger partial charge in [-0.1, -0.05) is 29.3 Å². The third kappa shape index (κ3) is 4.54. The number of anilines is 1. The van der Waals surface area contributed by atoms with E-state index in [1.807, 2.05) is 0 Å². The molecule has 0 unspecified atom stereocenters. The van der Waals surface area contributed by atoms with Gasteiger partial charge in [-0.2, -0.15) is 0 Å². The van der Waals surface area contributed by atoms with Crippen molar-refractivity contribution in [2.24, 2.45) is 0 Å². The summed E-state index contributed by atoms with van der Waals surface area (Å²) >= 11 is 15.2. The second-order valence-corrected chi connectivity index (χ2v) is 6.05. The van der Waals surface area contributed by atoms with Crippen molar-refractivity contribution < 1.29 is 9.72 Å². The zero-order valence-corrected chi connectivity index (χ0v) is 14.5. The van der Waals surface area contributed by atoms with Gasteiger partial charge in [-0.05, 0) is 40.2 Å². The van der Waals surface area contributed by atoms with Crippen LogP contribution in [0.1, 0.15) is 5.56 Å². The molecule has 0 aliphatic rings. The van der Waals surface area contributed by atoms with Crippen molar-refractivity contribution in [2.45, 2.75) is 0 Å². The summed E-state index contributed by atoms with van der Waals surface area (Å²) in [6.45, 7) is 0. The van der Waals surface area contributed by atoms with Crippen LogP contribution in [-0.4, -0.2) is 10.8 Å². The highest BCUT2D eigenvalue weighted by atomic mass is 79.9. The standard InChI is InChI=1S/C15H9BrCl2N2O3/c16-11-8-9(20(22)23)4-6-14(11)19-15(21)7-5-10-12(17)2-1-3-13(10)18/h1-8H,(H,19,21)/b7-5+. The number of non-ortho nitro benzene ring substituents is 1. The lowest BCUT2D eigenvalue weighted by atomic mass is 10.2. The first-order valence-corrected chi connectivity index (χ1v) is 7.80. The van der Waals surface area contributed by atoms with Gasteiger partial charge in [0.2, 0.25) is 5.91 Å². The molecule has 1 amide bonds. The van der Waals surface area contributed by atoms with Crippen molar-refractivity contribution in [3.8, 4) is 0 Å². The number of nitro groups is 1. The summed E-state index contributed by atoms with van der Waals surface area (Å²) in [5.74, 6) is -0.421. The molecule has 0 aromatic heterocycles. The Morgan fingerprint density at radius 2 is 1.87 bits per heavy atom. The van der Waals surface area contributed by atoms with Crippen molar-refractivity contribution in [3.63, 3.8) is 0 Å². The topological polar surface area (TPSA) is 72.2 Å². The highest BCUT2D eigenvalue weighted by Gasteiger charge is 2.10. The Labute approximate surface area is 150 Å². The molecular weight excluding hydrogens is 407 g/mol. The number of nitro benzene ring substituents is 1. The molecule has 0 radical (unpaired) electrons. The van der Waals surface area contributed by atoms with Crippen molar-refractivity contribution in [1.29, 1.82) is 0 Å². The summed E-state index contributed by atoms with van der Waals surface area (Å²) in [4.78, 5) is 22.1. The van der Waals surface area contributed by atoms with Gasteiger partial charge < -0.3 is 5.32 Å². The van der Waals surface area contributed by atoms with Crippen LogP contribution < -0.4 is 5.32 Å². The highest BCUT2D eigenvalue weighted by molar-refractivity contribution is 9.10. The van der Waals surface area contributed by atoms with Crippen LogP contribution in [-0.2, 0) is 4.79 Å². The second-order valence-electron chi connectivity index (χ2n) is 4.38. The van der Waals surface area contributed by atoms with Crippen LogP contribution in [0.2, 0.25) is 10.0 Å². The molecule has 2 rings (SSSR count). The van der Waals surface area contributed by atoms with E-state index in [1.165, 1.54) is 30.4 Å². The van der Waals surface area contributed by atoms with E-state index in [0.717, 1.165) is 0 Å². The zero-order valence-electron chi connectivity index (χ0n) is 11.4. The van der Waals surface area contributed by atoms with Crippen LogP contribution in [0.25, 0.3) is 6.08 Å². The van der Waals surface area contributed by atoms with Crippen LogP contribution in [0.3, 0.4) is 0 Å². The van der Waals surface area contributed by atoms with Gasteiger partial charge in [0.15, 0.2) is 0 Å². The maximum absolute atomic E-state index is 11.9. The number of rotatable bonds is 4. The van der Waals surface area contributed by atoms with Crippen LogP contribution >= 0.6 is 39.1 Å². The van der Waals surface area contributed by atoms with Crippen LogP contribution in [0, 0.1) is 10.1 Å². The molecule has 0 atom stereocenters. The Morgan fingerprint density at radius 1 is 1.22 bits per heavy atom. The third-order valence-corrected chi connectivity index (χ3v) is 4.14. The van der Waals surface area contributed by atoms with Crippen molar-refractivity contribution in [2.75, 3.05) is 5.32 Å². The zero-order chi connectivity index (χ0) is 17.0. The van der Waals surface area contributed by atoms with E-state index in [9.17, 15) is 14.9 Å². The molecule has 0 spiro atoms. The number of carbonyl (C=O) groups is 1. The molecule has 2 aromatic carbocycles. The molecule has 0 saturated carbocycles. The van der Waals surface area contributed by atoms with Crippen molar-refractivity contribution >= 4 is 62.5 Å². The molecule has 0 bridgehead atoms. The van der Waals surface area contributed by atoms with E-state index in [0.29, 0.717) is 25.8 Å². The Hall–Kier alpha value is -1.89. The monoisotopic (exact) mass is 414 g/mol. The number of carbonyl (C=O) groups excluding carboxylic acids is 1. The molecule has 0 aliphatic heterocycles. The van der Waals surface area contributed by atoms with Gasteiger partial charge >= 0.3 is 0 Å².